The lowest BCUT2D eigenvalue weighted by Crippen LogP contribution is -2.29. The van der Waals surface area contributed by atoms with Gasteiger partial charge in [0.15, 0.2) is 5.76 Å². The molecule has 0 spiro atoms. The van der Waals surface area contributed by atoms with Crippen molar-refractivity contribution in [1.82, 2.24) is 0 Å². The standard InChI is InChI=1S/C23H24F3NO4/c24-23(25,26)18-10-8-16(9-11-18)17-14-20(22(29)27-19-6-2-1-3-7-19)31-21(15-17)30-13-5-4-12-28/h1-3,6-11,14,17,21,28H,4-5,12-13,15H2,(H,27,29)/t17-,21+/m0/s1. The SMILES string of the molecule is O=C(Nc1ccccc1)C1=C[C@H](c2ccc(C(F)(F)F)cc2)C[C@H](OCCCCO)O1. The highest BCUT2D eigenvalue weighted by Crippen LogP contribution is 2.34. The monoisotopic (exact) mass is 435 g/mol. The molecular formula is C23H24F3NO4. The normalized spacial score (nSPS) is 18.8. The van der Waals surface area contributed by atoms with Crippen LogP contribution in [0.5, 0.6) is 0 Å². The van der Waals surface area contributed by atoms with E-state index in [-0.39, 0.29) is 18.3 Å². The molecule has 2 aromatic carbocycles. The number of para-hydroxylation sites is 1. The number of hydrogen-bond donors (Lipinski definition) is 2. The topological polar surface area (TPSA) is 67.8 Å². The molecule has 1 aliphatic heterocycles. The van der Waals surface area contributed by atoms with Gasteiger partial charge in [0.05, 0.1) is 12.2 Å². The van der Waals surface area contributed by atoms with Crippen LogP contribution in [-0.4, -0.2) is 30.5 Å². The minimum absolute atomic E-state index is 0.0483. The summed E-state index contributed by atoms with van der Waals surface area (Å²) in [6.07, 6.45) is -1.99. The second-order valence-corrected chi connectivity index (χ2v) is 7.16. The van der Waals surface area contributed by atoms with E-state index in [0.717, 1.165) is 12.1 Å². The van der Waals surface area contributed by atoms with Crippen molar-refractivity contribution in [1.29, 1.82) is 0 Å². The highest BCUT2D eigenvalue weighted by Gasteiger charge is 2.32. The maximum absolute atomic E-state index is 12.9. The van der Waals surface area contributed by atoms with Gasteiger partial charge in [-0.2, -0.15) is 13.2 Å². The van der Waals surface area contributed by atoms with Crippen molar-refractivity contribution in [3.8, 4) is 0 Å². The van der Waals surface area contributed by atoms with E-state index in [4.69, 9.17) is 14.6 Å². The molecule has 0 saturated heterocycles. The van der Waals surface area contributed by atoms with Gasteiger partial charge in [-0.05, 0) is 48.7 Å². The molecule has 0 aromatic heterocycles. The van der Waals surface area contributed by atoms with Crippen LogP contribution in [0, 0.1) is 0 Å². The molecule has 5 nitrogen and oxygen atoms in total. The second kappa shape index (κ2) is 10.5. The van der Waals surface area contributed by atoms with Crippen LogP contribution >= 0.6 is 0 Å². The molecule has 166 valence electrons. The lowest BCUT2D eigenvalue weighted by atomic mass is 9.92. The average Bonchev–Trinajstić information content (AvgIpc) is 2.77. The van der Waals surface area contributed by atoms with Gasteiger partial charge in [0, 0.05) is 24.6 Å². The van der Waals surface area contributed by atoms with E-state index in [1.807, 2.05) is 6.07 Å². The first-order valence-corrected chi connectivity index (χ1v) is 10.0. The molecule has 8 heteroatoms. The van der Waals surface area contributed by atoms with Gasteiger partial charge in [-0.3, -0.25) is 4.79 Å². The van der Waals surface area contributed by atoms with E-state index in [1.165, 1.54) is 12.1 Å². The second-order valence-electron chi connectivity index (χ2n) is 7.16. The van der Waals surface area contributed by atoms with Crippen molar-refractivity contribution in [2.45, 2.75) is 37.6 Å². The highest BCUT2D eigenvalue weighted by atomic mass is 19.4. The first-order valence-electron chi connectivity index (χ1n) is 10.0. The van der Waals surface area contributed by atoms with Crippen molar-refractivity contribution < 1.29 is 32.5 Å². The molecule has 0 bridgehead atoms. The van der Waals surface area contributed by atoms with Gasteiger partial charge in [-0.15, -0.1) is 0 Å². The van der Waals surface area contributed by atoms with Gasteiger partial charge in [0.2, 0.25) is 6.29 Å². The molecule has 31 heavy (non-hydrogen) atoms. The Bertz CT molecular complexity index is 882. The van der Waals surface area contributed by atoms with Crippen LogP contribution in [0.25, 0.3) is 0 Å². The zero-order chi connectivity index (χ0) is 22.3. The summed E-state index contributed by atoms with van der Waals surface area (Å²) in [5.74, 6) is -0.769. The Morgan fingerprint density at radius 1 is 1.10 bits per heavy atom. The number of allylic oxidation sites excluding steroid dienone is 1. The number of halogens is 3. The zero-order valence-corrected chi connectivity index (χ0v) is 16.8. The van der Waals surface area contributed by atoms with E-state index in [2.05, 4.69) is 5.32 Å². The Hall–Kier alpha value is -2.84. The maximum Gasteiger partial charge on any atom is 0.416 e. The Kier molecular flexibility index (Phi) is 7.70. The van der Waals surface area contributed by atoms with Gasteiger partial charge < -0.3 is 19.9 Å². The molecule has 3 rings (SSSR count). The van der Waals surface area contributed by atoms with Crippen LogP contribution < -0.4 is 5.32 Å². The smallest absolute Gasteiger partial charge is 0.416 e. The molecule has 2 aromatic rings. The molecule has 0 radical (unpaired) electrons. The van der Waals surface area contributed by atoms with E-state index in [1.54, 1.807) is 30.3 Å². The third-order valence-electron chi connectivity index (χ3n) is 4.84. The van der Waals surface area contributed by atoms with Crippen LogP contribution in [0.2, 0.25) is 0 Å². The van der Waals surface area contributed by atoms with Gasteiger partial charge in [0.25, 0.3) is 5.91 Å². The number of carbonyl (C=O) groups is 1. The van der Waals surface area contributed by atoms with Gasteiger partial charge >= 0.3 is 6.18 Å². The Labute approximate surface area is 178 Å². The predicted molar refractivity (Wildman–Crippen MR) is 109 cm³/mol. The van der Waals surface area contributed by atoms with E-state index < -0.39 is 23.9 Å². The van der Waals surface area contributed by atoms with Crippen LogP contribution in [0.1, 0.15) is 36.3 Å². The molecule has 2 N–H and O–H groups in total. The molecule has 1 heterocycles. The fraction of sp³-hybridized carbons (Fsp3) is 0.348. The van der Waals surface area contributed by atoms with Crippen LogP contribution in [-0.2, 0) is 20.4 Å². The fourth-order valence-electron chi connectivity index (χ4n) is 3.21. The lowest BCUT2D eigenvalue weighted by molar-refractivity contribution is -0.143. The number of hydrogen-bond acceptors (Lipinski definition) is 4. The van der Waals surface area contributed by atoms with Gasteiger partial charge in [0.1, 0.15) is 0 Å². The van der Waals surface area contributed by atoms with Gasteiger partial charge in [-0.1, -0.05) is 30.3 Å². The first kappa shape index (κ1) is 22.8. The summed E-state index contributed by atoms with van der Waals surface area (Å²) >= 11 is 0. The summed E-state index contributed by atoms with van der Waals surface area (Å²) in [4.78, 5) is 12.7. The number of nitrogens with one attached hydrogen (secondary N) is 1. The zero-order valence-electron chi connectivity index (χ0n) is 16.8. The number of anilines is 1. The summed E-state index contributed by atoms with van der Waals surface area (Å²) in [7, 11) is 0. The van der Waals surface area contributed by atoms with Gasteiger partial charge in [-0.25, -0.2) is 0 Å². The summed E-state index contributed by atoms with van der Waals surface area (Å²) in [5, 5.41) is 11.6. The summed E-state index contributed by atoms with van der Waals surface area (Å²) in [5.41, 5.74) is 0.491. The number of carbonyl (C=O) groups excluding carboxylic acids is 1. The molecule has 0 unspecified atom stereocenters. The molecule has 2 atom stereocenters. The Morgan fingerprint density at radius 2 is 1.81 bits per heavy atom. The minimum atomic E-state index is -4.41. The molecule has 0 fully saturated rings. The Morgan fingerprint density at radius 3 is 2.45 bits per heavy atom. The molecule has 1 aliphatic rings. The Balaban J connectivity index is 1.78. The number of ether oxygens (including phenoxy) is 2. The van der Waals surface area contributed by atoms with Crippen LogP contribution in [0.15, 0.2) is 66.4 Å². The number of aliphatic hydroxyl groups excluding tert-OH is 1. The summed E-state index contributed by atoms with van der Waals surface area (Å²) < 4.78 is 50.1. The molecule has 0 saturated carbocycles. The van der Waals surface area contributed by atoms with Crippen molar-refractivity contribution in [3.05, 3.63) is 77.6 Å². The van der Waals surface area contributed by atoms with Crippen LogP contribution in [0.3, 0.4) is 0 Å². The maximum atomic E-state index is 12.9. The van der Waals surface area contributed by atoms with Crippen molar-refractivity contribution >= 4 is 11.6 Å². The number of alkyl halides is 3. The minimum Gasteiger partial charge on any atom is -0.459 e. The van der Waals surface area contributed by atoms with Crippen molar-refractivity contribution in [3.63, 3.8) is 0 Å². The fourth-order valence-corrected chi connectivity index (χ4v) is 3.21. The van der Waals surface area contributed by atoms with Crippen LogP contribution in [0.4, 0.5) is 18.9 Å². The third kappa shape index (κ3) is 6.57. The third-order valence-corrected chi connectivity index (χ3v) is 4.84. The number of aliphatic hydroxyl groups is 1. The number of rotatable bonds is 8. The predicted octanol–water partition coefficient (Wildman–Crippen LogP) is 4.85. The van der Waals surface area contributed by atoms with E-state index in [9.17, 15) is 18.0 Å². The largest absolute Gasteiger partial charge is 0.459 e. The van der Waals surface area contributed by atoms with Crippen molar-refractivity contribution in [2.24, 2.45) is 0 Å². The highest BCUT2D eigenvalue weighted by molar-refractivity contribution is 6.02. The average molecular weight is 435 g/mol. The lowest BCUT2D eigenvalue weighted by Gasteiger charge is -2.29. The quantitative estimate of drug-likeness (QED) is 0.582. The number of benzene rings is 2. The summed E-state index contributed by atoms with van der Waals surface area (Å²) in [6.45, 7) is 0.381. The van der Waals surface area contributed by atoms with Crippen molar-refractivity contribution in [2.75, 3.05) is 18.5 Å². The van der Waals surface area contributed by atoms with E-state index in [0.29, 0.717) is 37.1 Å². The van der Waals surface area contributed by atoms with E-state index >= 15 is 0 Å². The molecule has 1 amide bonds. The molecular weight excluding hydrogens is 411 g/mol. The first-order chi connectivity index (χ1) is 14.9. The number of amides is 1. The summed E-state index contributed by atoms with van der Waals surface area (Å²) in [6, 6.07) is 13.7. The number of unbranched alkanes of at least 4 members (excludes halogenated alkanes) is 1. The molecule has 0 aliphatic carbocycles.